The minimum atomic E-state index is -0.148. The molecule has 0 aromatic heterocycles. The summed E-state index contributed by atoms with van der Waals surface area (Å²) in [5.74, 6) is 1.50. The van der Waals surface area contributed by atoms with Crippen LogP contribution in [0.5, 0.6) is 5.75 Å². The Balaban J connectivity index is 1.23. The number of ether oxygens (including phenoxy) is 1. The van der Waals surface area contributed by atoms with Gasteiger partial charge in [0.1, 0.15) is 5.75 Å². The van der Waals surface area contributed by atoms with E-state index in [0.29, 0.717) is 28.6 Å². The zero-order chi connectivity index (χ0) is 27.5. The molecule has 39 heavy (non-hydrogen) atoms. The molecular weight excluding hydrogens is 524 g/mol. The van der Waals surface area contributed by atoms with Crippen LogP contribution in [0.1, 0.15) is 113 Å². The lowest BCUT2D eigenvalue weighted by Gasteiger charge is -2.14. The smallest absolute Gasteiger partial charge is 0.255 e. The van der Waals surface area contributed by atoms with Gasteiger partial charge in [0.15, 0.2) is 0 Å². The lowest BCUT2D eigenvalue weighted by molar-refractivity contribution is 0.102. The maximum atomic E-state index is 12.7. The molecule has 0 fully saturated rings. The number of nitrogens with zero attached hydrogens (tertiary/aromatic N) is 1. The highest BCUT2D eigenvalue weighted by Crippen LogP contribution is 2.28. The summed E-state index contributed by atoms with van der Waals surface area (Å²) in [7, 11) is 0. The second-order valence-corrected chi connectivity index (χ2v) is 11.8. The largest absolute Gasteiger partial charge is 0.492 e. The molecule has 1 amide bonds. The number of amides is 1. The molecule has 3 rings (SSSR count). The number of carbonyl (C=O) groups excluding carboxylic acids is 1. The molecule has 0 spiro atoms. The summed E-state index contributed by atoms with van der Waals surface area (Å²) in [4.78, 5) is 14.9. The predicted molar refractivity (Wildman–Crippen MR) is 169 cm³/mol. The minimum Gasteiger partial charge on any atom is -0.492 e. The molecule has 2 aromatic carbocycles. The third-order valence-electron chi connectivity index (χ3n) is 7.16. The Bertz CT molecular complexity index is 996. The second-order valence-electron chi connectivity index (χ2n) is 10.6. The average molecular weight is 571 g/mol. The van der Waals surface area contributed by atoms with Crippen molar-refractivity contribution < 1.29 is 9.53 Å². The Morgan fingerprint density at radius 1 is 0.872 bits per heavy atom. The van der Waals surface area contributed by atoms with Crippen LogP contribution in [-0.2, 0) is 6.54 Å². The number of halogens is 1. The molecule has 4 nitrogen and oxygen atoms in total. The third kappa shape index (κ3) is 12.7. The number of nitrogens with one attached hydrogen (secondary N) is 1. The van der Waals surface area contributed by atoms with Gasteiger partial charge in [0, 0.05) is 24.0 Å². The zero-order valence-electron chi connectivity index (χ0n) is 23.8. The molecule has 214 valence electrons. The standard InChI is InChI=1S/C33H47ClN2O2S/c1-2-3-4-5-6-7-8-9-10-11-12-13-14-15-23-38-32-21-20-30(25-31(32)34)35-33(37)29-18-16-28(17-19-29)26-36-22-24-39-27-36/h16-22,24-25H,2-15,23,26-27H2,1H3,(H,35,37). The van der Waals surface area contributed by atoms with E-state index in [1.165, 1.54) is 89.0 Å². The van der Waals surface area contributed by atoms with Crippen molar-refractivity contribution in [3.8, 4) is 5.75 Å². The predicted octanol–water partition coefficient (Wildman–Crippen LogP) is 10.4. The Morgan fingerprint density at radius 2 is 1.49 bits per heavy atom. The summed E-state index contributed by atoms with van der Waals surface area (Å²) in [6.07, 6.45) is 20.9. The van der Waals surface area contributed by atoms with E-state index in [1.807, 2.05) is 36.4 Å². The van der Waals surface area contributed by atoms with Crippen LogP contribution in [0.4, 0.5) is 5.69 Å². The maximum Gasteiger partial charge on any atom is 0.255 e. The second kappa shape index (κ2) is 19.0. The highest BCUT2D eigenvalue weighted by Gasteiger charge is 2.10. The van der Waals surface area contributed by atoms with Crippen LogP contribution in [0.3, 0.4) is 0 Å². The van der Waals surface area contributed by atoms with Crippen molar-refractivity contribution in [1.82, 2.24) is 4.90 Å². The molecule has 0 bridgehead atoms. The van der Waals surface area contributed by atoms with Gasteiger partial charge in [0.2, 0.25) is 0 Å². The van der Waals surface area contributed by atoms with Crippen molar-refractivity contribution in [2.45, 2.75) is 103 Å². The molecule has 6 heteroatoms. The molecular formula is C33H47ClN2O2S. The van der Waals surface area contributed by atoms with Crippen LogP contribution in [-0.4, -0.2) is 23.3 Å². The Hall–Kier alpha value is -2.11. The Morgan fingerprint density at radius 3 is 2.05 bits per heavy atom. The number of hydrogen-bond donors (Lipinski definition) is 1. The summed E-state index contributed by atoms with van der Waals surface area (Å²) in [6, 6.07) is 13.2. The van der Waals surface area contributed by atoms with Crippen LogP contribution >= 0.6 is 23.4 Å². The average Bonchev–Trinajstić information content (AvgIpc) is 3.45. The summed E-state index contributed by atoms with van der Waals surface area (Å²) in [5.41, 5.74) is 2.47. The first-order chi connectivity index (χ1) is 19.2. The summed E-state index contributed by atoms with van der Waals surface area (Å²) in [5, 5.41) is 5.56. The molecule has 1 N–H and O–H groups in total. The number of rotatable bonds is 20. The van der Waals surface area contributed by atoms with E-state index in [9.17, 15) is 4.79 Å². The fraction of sp³-hybridized carbons (Fsp3) is 0.545. The molecule has 0 saturated heterocycles. The number of hydrogen-bond acceptors (Lipinski definition) is 4. The summed E-state index contributed by atoms with van der Waals surface area (Å²) < 4.78 is 5.90. The molecule has 1 aliphatic rings. The van der Waals surface area contributed by atoms with Crippen molar-refractivity contribution in [3.63, 3.8) is 0 Å². The molecule has 1 aliphatic heterocycles. The van der Waals surface area contributed by atoms with E-state index in [1.54, 1.807) is 17.8 Å². The van der Waals surface area contributed by atoms with Gasteiger partial charge in [0.25, 0.3) is 5.91 Å². The lowest BCUT2D eigenvalue weighted by atomic mass is 10.0. The van der Waals surface area contributed by atoms with E-state index >= 15 is 0 Å². The van der Waals surface area contributed by atoms with E-state index in [0.717, 1.165) is 18.8 Å². The van der Waals surface area contributed by atoms with Gasteiger partial charge in [-0.25, -0.2) is 0 Å². The van der Waals surface area contributed by atoms with Gasteiger partial charge in [-0.15, -0.1) is 11.8 Å². The Labute approximate surface area is 245 Å². The zero-order valence-corrected chi connectivity index (χ0v) is 25.3. The minimum absolute atomic E-state index is 0.148. The maximum absolute atomic E-state index is 12.7. The van der Waals surface area contributed by atoms with E-state index < -0.39 is 0 Å². The molecule has 0 unspecified atom stereocenters. The van der Waals surface area contributed by atoms with Gasteiger partial charge in [-0.3, -0.25) is 4.79 Å². The van der Waals surface area contributed by atoms with E-state index in [-0.39, 0.29) is 5.91 Å². The first-order valence-electron chi connectivity index (χ1n) is 15.0. The molecule has 2 aromatic rings. The molecule has 1 heterocycles. The lowest BCUT2D eigenvalue weighted by Crippen LogP contribution is -2.14. The van der Waals surface area contributed by atoms with Crippen LogP contribution in [0.25, 0.3) is 0 Å². The SMILES string of the molecule is CCCCCCCCCCCCCCCCOc1ccc(NC(=O)c2ccc(CN3C=CSC3)cc2)cc1Cl. The summed E-state index contributed by atoms with van der Waals surface area (Å²) in [6.45, 7) is 3.80. The van der Waals surface area contributed by atoms with Gasteiger partial charge in [-0.05, 0) is 47.7 Å². The van der Waals surface area contributed by atoms with Crippen LogP contribution in [0.15, 0.2) is 54.1 Å². The fourth-order valence-corrected chi connectivity index (χ4v) is 5.73. The van der Waals surface area contributed by atoms with Gasteiger partial charge < -0.3 is 15.0 Å². The van der Waals surface area contributed by atoms with Crippen LogP contribution < -0.4 is 10.1 Å². The highest BCUT2D eigenvalue weighted by atomic mass is 35.5. The van der Waals surface area contributed by atoms with Gasteiger partial charge in [-0.1, -0.05) is 114 Å². The number of thioether (sulfide) groups is 1. The number of unbranched alkanes of at least 4 members (excludes halogenated alkanes) is 13. The molecule has 0 saturated carbocycles. The van der Waals surface area contributed by atoms with E-state index in [2.05, 4.69) is 28.7 Å². The van der Waals surface area contributed by atoms with Crippen molar-refractivity contribution >= 4 is 35.0 Å². The van der Waals surface area contributed by atoms with Crippen molar-refractivity contribution in [2.24, 2.45) is 0 Å². The van der Waals surface area contributed by atoms with Gasteiger partial charge in [-0.2, -0.15) is 0 Å². The van der Waals surface area contributed by atoms with Gasteiger partial charge in [0.05, 0.1) is 17.5 Å². The quantitative estimate of drug-likeness (QED) is 0.161. The topological polar surface area (TPSA) is 41.6 Å². The summed E-state index contributed by atoms with van der Waals surface area (Å²) >= 11 is 8.22. The molecule has 0 atom stereocenters. The number of benzene rings is 2. The van der Waals surface area contributed by atoms with Gasteiger partial charge >= 0.3 is 0 Å². The Kier molecular flexibility index (Phi) is 15.3. The fourth-order valence-electron chi connectivity index (χ4n) is 4.78. The van der Waals surface area contributed by atoms with E-state index in [4.69, 9.17) is 16.3 Å². The monoisotopic (exact) mass is 570 g/mol. The first kappa shape index (κ1) is 31.4. The van der Waals surface area contributed by atoms with Crippen molar-refractivity contribution in [1.29, 1.82) is 0 Å². The number of carbonyl (C=O) groups is 1. The highest BCUT2D eigenvalue weighted by molar-refractivity contribution is 8.02. The van der Waals surface area contributed by atoms with Crippen LogP contribution in [0, 0.1) is 0 Å². The number of anilines is 1. The first-order valence-corrected chi connectivity index (χ1v) is 16.4. The van der Waals surface area contributed by atoms with Crippen molar-refractivity contribution in [2.75, 3.05) is 17.8 Å². The van der Waals surface area contributed by atoms with Crippen molar-refractivity contribution in [3.05, 3.63) is 70.2 Å². The normalized spacial score (nSPS) is 12.7. The molecule has 0 radical (unpaired) electrons. The third-order valence-corrected chi connectivity index (χ3v) is 8.25. The molecule has 0 aliphatic carbocycles. The van der Waals surface area contributed by atoms with Crippen LogP contribution in [0.2, 0.25) is 5.02 Å².